The Kier molecular flexibility index (Phi) is 5.04. The molecule has 1 aromatic heterocycles. The highest BCUT2D eigenvalue weighted by Gasteiger charge is 2.28. The average Bonchev–Trinajstić information content (AvgIpc) is 3.02. The summed E-state index contributed by atoms with van der Waals surface area (Å²) in [6.45, 7) is 1.70. The van der Waals surface area contributed by atoms with E-state index in [1.807, 2.05) is 5.43 Å². The summed E-state index contributed by atoms with van der Waals surface area (Å²) < 4.78 is 5.59. The number of nitrogens with one attached hydrogen (secondary N) is 2. The van der Waals surface area contributed by atoms with Gasteiger partial charge in [-0.25, -0.2) is 5.84 Å². The normalized spacial score (nSPS) is 14.4. The van der Waals surface area contributed by atoms with Crippen LogP contribution in [0.1, 0.15) is 40.3 Å². The predicted molar refractivity (Wildman–Crippen MR) is 97.9 cm³/mol. The van der Waals surface area contributed by atoms with E-state index in [1.165, 1.54) is 6.07 Å². The maximum Gasteiger partial charge on any atom is 0.301 e. The summed E-state index contributed by atoms with van der Waals surface area (Å²) in [5.41, 5.74) is 5.55. The van der Waals surface area contributed by atoms with Gasteiger partial charge in [-0.1, -0.05) is 0 Å². The maximum atomic E-state index is 11.8. The summed E-state index contributed by atoms with van der Waals surface area (Å²) in [5.74, 6) is 5.27. The van der Waals surface area contributed by atoms with E-state index in [-0.39, 0.29) is 11.4 Å². The largest absolute Gasteiger partial charge is 0.455 e. The molecular formula is C16H16N6O6. The summed E-state index contributed by atoms with van der Waals surface area (Å²) in [5, 5.41) is 26.3. The summed E-state index contributed by atoms with van der Waals surface area (Å²) >= 11 is 0. The van der Waals surface area contributed by atoms with Crippen LogP contribution < -0.4 is 16.7 Å². The number of amides is 1. The second-order valence-corrected chi connectivity index (χ2v) is 6.07. The van der Waals surface area contributed by atoms with Crippen molar-refractivity contribution in [2.75, 3.05) is 5.43 Å². The number of fused-ring (bicyclic) bond motifs is 1. The topological polar surface area (TPSA) is 179 Å². The zero-order valence-electron chi connectivity index (χ0n) is 14.7. The van der Waals surface area contributed by atoms with Gasteiger partial charge in [0, 0.05) is 23.6 Å². The molecule has 0 aliphatic heterocycles. The highest BCUT2D eigenvalue weighted by molar-refractivity contribution is 6.06. The minimum atomic E-state index is -0.728. The second kappa shape index (κ2) is 7.44. The summed E-state index contributed by atoms with van der Waals surface area (Å²) in [6.07, 6.45) is 1.89. The van der Waals surface area contributed by atoms with Crippen molar-refractivity contribution in [3.63, 3.8) is 0 Å². The van der Waals surface area contributed by atoms with Gasteiger partial charge in [0.2, 0.25) is 0 Å². The van der Waals surface area contributed by atoms with Crippen LogP contribution in [0.15, 0.2) is 27.7 Å². The second-order valence-electron chi connectivity index (χ2n) is 6.07. The van der Waals surface area contributed by atoms with Crippen molar-refractivity contribution in [2.45, 2.75) is 26.2 Å². The number of nitrogens with two attached hydrogens (primary N) is 1. The van der Waals surface area contributed by atoms with Crippen LogP contribution in [0.4, 0.5) is 17.1 Å². The Bertz CT molecular complexity index is 1010. The average molecular weight is 388 g/mol. The van der Waals surface area contributed by atoms with E-state index in [1.54, 1.807) is 6.92 Å². The first kappa shape index (κ1) is 19.0. The van der Waals surface area contributed by atoms with E-state index in [2.05, 4.69) is 10.5 Å². The van der Waals surface area contributed by atoms with Crippen LogP contribution >= 0.6 is 0 Å². The Morgan fingerprint density at radius 1 is 1.25 bits per heavy atom. The van der Waals surface area contributed by atoms with Crippen LogP contribution in [0.25, 0.3) is 0 Å². The van der Waals surface area contributed by atoms with Crippen LogP contribution in [-0.4, -0.2) is 21.5 Å². The third kappa shape index (κ3) is 3.40. The van der Waals surface area contributed by atoms with Crippen molar-refractivity contribution in [1.82, 2.24) is 5.43 Å². The molecule has 0 saturated heterocycles. The van der Waals surface area contributed by atoms with Gasteiger partial charge in [0.1, 0.15) is 11.4 Å². The van der Waals surface area contributed by atoms with Gasteiger partial charge >= 0.3 is 11.6 Å². The van der Waals surface area contributed by atoms with E-state index in [0.717, 1.165) is 12.1 Å². The van der Waals surface area contributed by atoms with Crippen LogP contribution in [-0.2, 0) is 6.42 Å². The molecule has 1 aliphatic carbocycles. The lowest BCUT2D eigenvalue weighted by molar-refractivity contribution is -0.393. The molecule has 2 aromatic rings. The lowest BCUT2D eigenvalue weighted by atomic mass is 9.93. The number of furan rings is 1. The molecule has 1 aliphatic rings. The fraction of sp³-hybridized carbons (Fsp3) is 0.250. The van der Waals surface area contributed by atoms with Gasteiger partial charge in [0.25, 0.3) is 5.69 Å². The van der Waals surface area contributed by atoms with Gasteiger partial charge < -0.3 is 4.42 Å². The summed E-state index contributed by atoms with van der Waals surface area (Å²) in [6, 6.07) is 3.23. The van der Waals surface area contributed by atoms with Crippen molar-refractivity contribution in [3.8, 4) is 0 Å². The first-order chi connectivity index (χ1) is 13.3. The number of anilines is 1. The standard InChI is InChI=1S/C16H16N6O6/c1-8-14-11(3-2-4-13(14)28-15(8)16(23)18-17)20-19-10-6-5-9(21(24)25)7-12(10)22(26)27/h5-7,19H,2-4,17H2,1H3,(H,18,23)/b20-11+. The number of hydrazine groups is 1. The molecule has 28 heavy (non-hydrogen) atoms. The van der Waals surface area contributed by atoms with Crippen molar-refractivity contribution >= 4 is 28.7 Å². The number of nitro benzene ring substituents is 2. The first-order valence-corrected chi connectivity index (χ1v) is 8.22. The molecule has 0 fully saturated rings. The minimum absolute atomic E-state index is 0.0105. The highest BCUT2D eigenvalue weighted by Crippen LogP contribution is 2.32. The van der Waals surface area contributed by atoms with Crippen LogP contribution in [0.5, 0.6) is 0 Å². The highest BCUT2D eigenvalue weighted by atomic mass is 16.6. The third-order valence-corrected chi connectivity index (χ3v) is 4.36. The number of rotatable bonds is 5. The number of benzene rings is 1. The number of hydrazone groups is 1. The molecule has 0 bridgehead atoms. The van der Waals surface area contributed by atoms with E-state index >= 15 is 0 Å². The molecule has 0 atom stereocenters. The number of non-ortho nitro benzene ring substituents is 1. The molecule has 1 aromatic carbocycles. The molecule has 1 amide bonds. The van der Waals surface area contributed by atoms with E-state index in [0.29, 0.717) is 41.9 Å². The zero-order chi connectivity index (χ0) is 20.4. The number of hydrogen-bond donors (Lipinski definition) is 3. The molecule has 12 nitrogen and oxygen atoms in total. The number of nitrogens with zero attached hydrogens (tertiary/aromatic N) is 3. The third-order valence-electron chi connectivity index (χ3n) is 4.36. The van der Waals surface area contributed by atoms with Crippen LogP contribution in [0.3, 0.4) is 0 Å². The molecule has 0 radical (unpaired) electrons. The number of nitrogen functional groups attached to an aromatic ring is 1. The minimum Gasteiger partial charge on any atom is -0.455 e. The molecule has 12 heteroatoms. The van der Waals surface area contributed by atoms with Crippen LogP contribution in [0.2, 0.25) is 0 Å². The molecular weight excluding hydrogens is 372 g/mol. The summed E-state index contributed by atoms with van der Waals surface area (Å²) in [7, 11) is 0. The number of carbonyl (C=O) groups is 1. The lowest BCUT2D eigenvalue weighted by Crippen LogP contribution is -2.30. The van der Waals surface area contributed by atoms with Crippen molar-refractivity contribution in [3.05, 3.63) is 61.1 Å². The maximum absolute atomic E-state index is 11.8. The lowest BCUT2D eigenvalue weighted by Gasteiger charge is -2.13. The Morgan fingerprint density at radius 3 is 2.64 bits per heavy atom. The Hall–Kier alpha value is -3.80. The van der Waals surface area contributed by atoms with Gasteiger partial charge in [-0.05, 0) is 25.8 Å². The Labute approximate surface area is 157 Å². The van der Waals surface area contributed by atoms with E-state index < -0.39 is 27.1 Å². The predicted octanol–water partition coefficient (Wildman–Crippen LogP) is 2.16. The number of hydrogen-bond acceptors (Lipinski definition) is 9. The smallest absolute Gasteiger partial charge is 0.301 e. The van der Waals surface area contributed by atoms with Gasteiger partial charge in [-0.3, -0.25) is 35.9 Å². The first-order valence-electron chi connectivity index (χ1n) is 8.22. The molecule has 0 unspecified atom stereocenters. The van der Waals surface area contributed by atoms with Gasteiger partial charge in [-0.15, -0.1) is 0 Å². The fourth-order valence-electron chi connectivity index (χ4n) is 3.07. The number of aryl methyl sites for hydroxylation is 1. The van der Waals surface area contributed by atoms with Gasteiger partial charge in [0.15, 0.2) is 5.76 Å². The Morgan fingerprint density at radius 2 is 2.00 bits per heavy atom. The molecule has 4 N–H and O–H groups in total. The van der Waals surface area contributed by atoms with Crippen molar-refractivity contribution in [1.29, 1.82) is 0 Å². The fourth-order valence-corrected chi connectivity index (χ4v) is 3.07. The Balaban J connectivity index is 1.97. The van der Waals surface area contributed by atoms with Gasteiger partial charge in [-0.2, -0.15) is 5.10 Å². The van der Waals surface area contributed by atoms with Crippen molar-refractivity contribution < 1.29 is 19.1 Å². The molecule has 0 saturated carbocycles. The number of carbonyl (C=O) groups excluding carboxylic acids is 1. The molecule has 1 heterocycles. The quantitative estimate of drug-likeness (QED) is 0.301. The van der Waals surface area contributed by atoms with Gasteiger partial charge in [0.05, 0.1) is 21.6 Å². The van der Waals surface area contributed by atoms with Crippen molar-refractivity contribution in [2.24, 2.45) is 10.9 Å². The molecule has 0 spiro atoms. The zero-order valence-corrected chi connectivity index (χ0v) is 14.7. The van der Waals surface area contributed by atoms with E-state index in [9.17, 15) is 25.0 Å². The van der Waals surface area contributed by atoms with Crippen LogP contribution in [0, 0.1) is 27.2 Å². The molecule has 146 valence electrons. The monoisotopic (exact) mass is 388 g/mol. The SMILES string of the molecule is Cc1c(C(=O)NN)oc2c1/C(=N/Nc1ccc([N+](=O)[O-])cc1[N+](=O)[O-])CCC2. The van der Waals surface area contributed by atoms with E-state index in [4.69, 9.17) is 10.3 Å². The number of nitro groups is 2. The molecule has 3 rings (SSSR count). The summed E-state index contributed by atoms with van der Waals surface area (Å²) in [4.78, 5) is 32.5.